The Balaban J connectivity index is 5.67. The van der Waals surface area contributed by atoms with Crippen LogP contribution in [0.4, 0.5) is 0 Å². The molecule has 0 heterocycles. The zero-order valence-electron chi connectivity index (χ0n) is 14.9. The third-order valence-electron chi connectivity index (χ3n) is 7.13. The normalized spacial score (nSPS) is 19.2. The third-order valence-corrected chi connectivity index (χ3v) is 7.13. The van der Waals surface area contributed by atoms with E-state index in [1.165, 1.54) is 6.42 Å². The average Bonchev–Trinajstić information content (AvgIpc) is 2.25. The fourth-order valence-corrected chi connectivity index (χ4v) is 3.71. The molecule has 0 aromatic carbocycles. The molecule has 18 heavy (non-hydrogen) atoms. The minimum atomic E-state index is 0.351. The molecule has 0 heteroatoms. The predicted molar refractivity (Wildman–Crippen MR) is 84.8 cm³/mol. The molecule has 0 amide bonds. The maximum Gasteiger partial charge on any atom is -0.0221 e. The van der Waals surface area contributed by atoms with Crippen LogP contribution in [0.3, 0.4) is 0 Å². The van der Waals surface area contributed by atoms with Crippen LogP contribution >= 0.6 is 0 Å². The molecule has 0 saturated carbocycles. The first kappa shape index (κ1) is 18.0. The second-order valence-corrected chi connectivity index (χ2v) is 8.32. The van der Waals surface area contributed by atoms with Crippen molar-refractivity contribution in [1.29, 1.82) is 0 Å². The zero-order valence-corrected chi connectivity index (χ0v) is 14.9. The highest BCUT2D eigenvalue weighted by Gasteiger charge is 2.53. The van der Waals surface area contributed by atoms with E-state index in [0.29, 0.717) is 22.2 Å². The highest BCUT2D eigenvalue weighted by molar-refractivity contribution is 5.01. The Morgan fingerprint density at radius 2 is 1.11 bits per heavy atom. The van der Waals surface area contributed by atoms with Crippen LogP contribution in [-0.4, -0.2) is 0 Å². The summed E-state index contributed by atoms with van der Waals surface area (Å²) in [6.07, 6.45) is 1.25. The van der Waals surface area contributed by atoms with Gasteiger partial charge in [-0.3, -0.25) is 0 Å². The average molecular weight is 255 g/mol. The second-order valence-electron chi connectivity index (χ2n) is 8.32. The van der Waals surface area contributed by atoms with Gasteiger partial charge in [0.25, 0.3) is 0 Å². The van der Waals surface area contributed by atoms with Gasteiger partial charge in [0.1, 0.15) is 0 Å². The lowest BCUT2D eigenvalue weighted by atomic mass is 9.46. The van der Waals surface area contributed by atoms with E-state index in [1.807, 2.05) is 0 Å². The molecule has 0 aromatic heterocycles. The lowest BCUT2D eigenvalue weighted by molar-refractivity contribution is -0.103. The molecule has 0 bridgehead atoms. The Morgan fingerprint density at radius 1 is 0.722 bits per heavy atom. The fraction of sp³-hybridized carbons (Fsp3) is 1.00. The summed E-state index contributed by atoms with van der Waals surface area (Å²) >= 11 is 0. The van der Waals surface area contributed by atoms with Crippen molar-refractivity contribution in [3.05, 3.63) is 0 Å². The topological polar surface area (TPSA) is 0 Å². The lowest BCUT2D eigenvalue weighted by Gasteiger charge is -2.59. The van der Waals surface area contributed by atoms with E-state index in [1.54, 1.807) is 0 Å². The van der Waals surface area contributed by atoms with Crippen LogP contribution < -0.4 is 0 Å². The molecule has 0 aliphatic rings. The molecule has 0 fully saturated rings. The summed E-state index contributed by atoms with van der Waals surface area (Å²) < 4.78 is 0. The largest absolute Gasteiger partial charge is 0.0648 e. The van der Waals surface area contributed by atoms with Crippen molar-refractivity contribution in [3.8, 4) is 0 Å². The molecule has 2 unspecified atom stereocenters. The zero-order chi connectivity index (χ0) is 14.9. The smallest absolute Gasteiger partial charge is 0.0221 e. The predicted octanol–water partition coefficient (Wildman–Crippen LogP) is 6.40. The van der Waals surface area contributed by atoms with Gasteiger partial charge in [-0.2, -0.15) is 0 Å². The Kier molecular flexibility index (Phi) is 5.55. The molecule has 0 rings (SSSR count). The van der Waals surface area contributed by atoms with E-state index in [0.717, 1.165) is 11.8 Å². The van der Waals surface area contributed by atoms with Gasteiger partial charge >= 0.3 is 0 Å². The fourth-order valence-electron chi connectivity index (χ4n) is 3.71. The van der Waals surface area contributed by atoms with Gasteiger partial charge < -0.3 is 0 Å². The molecule has 0 N–H and O–H groups in total. The maximum absolute atomic E-state index is 2.52. The van der Waals surface area contributed by atoms with Crippen molar-refractivity contribution in [2.45, 2.75) is 82.6 Å². The van der Waals surface area contributed by atoms with E-state index in [2.05, 4.69) is 76.2 Å². The number of hydrogen-bond donors (Lipinski definition) is 0. The minimum Gasteiger partial charge on any atom is -0.0648 e. The van der Waals surface area contributed by atoms with Crippen molar-refractivity contribution < 1.29 is 0 Å². The molecule has 0 radical (unpaired) electrons. The van der Waals surface area contributed by atoms with Crippen LogP contribution in [0.2, 0.25) is 0 Å². The van der Waals surface area contributed by atoms with Gasteiger partial charge in [0.15, 0.2) is 0 Å². The van der Waals surface area contributed by atoms with Crippen LogP contribution in [-0.2, 0) is 0 Å². The second kappa shape index (κ2) is 5.55. The van der Waals surface area contributed by atoms with E-state index in [4.69, 9.17) is 0 Å². The molecule has 2 atom stereocenters. The summed E-state index contributed by atoms with van der Waals surface area (Å²) in [7, 11) is 0. The molecular weight excluding hydrogens is 216 g/mol. The number of hydrogen-bond acceptors (Lipinski definition) is 0. The molecule has 0 aliphatic carbocycles. The van der Waals surface area contributed by atoms with Crippen molar-refractivity contribution in [2.24, 2.45) is 34.0 Å². The summed E-state index contributed by atoms with van der Waals surface area (Å²) in [4.78, 5) is 0. The summed E-state index contributed by atoms with van der Waals surface area (Å²) in [5.41, 5.74) is 1.07. The molecule has 0 aliphatic heterocycles. The van der Waals surface area contributed by atoms with Crippen molar-refractivity contribution in [1.82, 2.24) is 0 Å². The minimum absolute atomic E-state index is 0.351. The molecule has 0 nitrogen and oxygen atoms in total. The molecule has 0 spiro atoms. The lowest BCUT2D eigenvalue weighted by Crippen LogP contribution is -2.52. The van der Waals surface area contributed by atoms with Crippen molar-refractivity contribution in [3.63, 3.8) is 0 Å². The standard InChI is InChI=1S/C18H38/c1-12-18(11,16(7,8)14(4)5)17(9,10)15(6)13(2)3/h13-15H,12H2,1-11H3. The first-order valence-corrected chi connectivity index (χ1v) is 7.86. The Hall–Kier alpha value is 0. The summed E-state index contributed by atoms with van der Waals surface area (Å²) in [6.45, 7) is 26.7. The molecular formula is C18H38. The third kappa shape index (κ3) is 2.63. The van der Waals surface area contributed by atoms with Gasteiger partial charge in [-0.05, 0) is 40.4 Å². The van der Waals surface area contributed by atoms with Crippen LogP contribution in [0.15, 0.2) is 0 Å². The van der Waals surface area contributed by atoms with Gasteiger partial charge in [0.2, 0.25) is 0 Å². The molecule has 0 saturated heterocycles. The monoisotopic (exact) mass is 254 g/mol. The van der Waals surface area contributed by atoms with Gasteiger partial charge in [0.05, 0.1) is 0 Å². The van der Waals surface area contributed by atoms with Crippen LogP contribution in [0.1, 0.15) is 82.6 Å². The number of rotatable bonds is 6. The van der Waals surface area contributed by atoms with Gasteiger partial charge in [-0.1, -0.05) is 76.2 Å². The highest BCUT2D eigenvalue weighted by Crippen LogP contribution is 2.60. The van der Waals surface area contributed by atoms with Crippen LogP contribution in [0, 0.1) is 34.0 Å². The van der Waals surface area contributed by atoms with Crippen LogP contribution in [0.25, 0.3) is 0 Å². The van der Waals surface area contributed by atoms with E-state index in [9.17, 15) is 0 Å². The van der Waals surface area contributed by atoms with Crippen molar-refractivity contribution in [2.75, 3.05) is 0 Å². The van der Waals surface area contributed by atoms with Gasteiger partial charge in [-0.25, -0.2) is 0 Å². The van der Waals surface area contributed by atoms with E-state index < -0.39 is 0 Å². The van der Waals surface area contributed by atoms with Gasteiger partial charge in [0, 0.05) is 0 Å². The Morgan fingerprint density at radius 3 is 1.33 bits per heavy atom. The summed E-state index contributed by atoms with van der Waals surface area (Å²) in [5.74, 6) is 2.19. The maximum atomic E-state index is 2.52. The Labute approximate surface area is 117 Å². The highest BCUT2D eigenvalue weighted by atomic mass is 14.6. The van der Waals surface area contributed by atoms with Crippen LogP contribution in [0.5, 0.6) is 0 Å². The van der Waals surface area contributed by atoms with Crippen molar-refractivity contribution >= 4 is 0 Å². The van der Waals surface area contributed by atoms with E-state index >= 15 is 0 Å². The SMILES string of the molecule is CCC(C)(C(C)(C)C(C)C)C(C)(C)C(C)C(C)C. The first-order valence-electron chi connectivity index (χ1n) is 7.86. The summed E-state index contributed by atoms with van der Waals surface area (Å²) in [5, 5.41) is 0. The quantitative estimate of drug-likeness (QED) is 0.514. The first-order chi connectivity index (χ1) is 7.86. The van der Waals surface area contributed by atoms with Gasteiger partial charge in [-0.15, -0.1) is 0 Å². The molecule has 110 valence electrons. The van der Waals surface area contributed by atoms with E-state index in [-0.39, 0.29) is 0 Å². The summed E-state index contributed by atoms with van der Waals surface area (Å²) in [6, 6.07) is 0. The Bertz CT molecular complexity index is 257. The molecule has 0 aromatic rings.